The fraction of sp³-hybridized carbons (Fsp3) is 0.273. The van der Waals surface area contributed by atoms with E-state index >= 15 is 0 Å². The van der Waals surface area contributed by atoms with E-state index in [2.05, 4.69) is 9.97 Å². The maximum atomic E-state index is 10.1. The topological polar surface area (TPSA) is 60.2 Å². The second-order valence-corrected chi connectivity index (χ2v) is 3.39. The molecule has 1 N–H and O–H groups in total. The number of ether oxygens (including phenoxy) is 1. The monoisotopic (exact) mass is 219 g/mol. The lowest BCUT2D eigenvalue weighted by molar-refractivity contribution is 0.196. The van der Waals surface area contributed by atoms with Gasteiger partial charge in [0.05, 0.1) is 7.11 Å². The molecule has 0 spiro atoms. The quantitative estimate of drug-likeness (QED) is 0.833. The molecule has 0 fully saturated rings. The molecular weight excluding hydrogens is 206 g/mol. The van der Waals surface area contributed by atoms with Crippen LogP contribution < -0.4 is 4.74 Å². The summed E-state index contributed by atoms with van der Waals surface area (Å²) < 4.78 is 6.89. The minimum absolute atomic E-state index is 0.472. The molecular formula is C11H13N3O2. The van der Waals surface area contributed by atoms with Gasteiger partial charge < -0.3 is 14.4 Å². The molecule has 0 radical (unpaired) electrons. The largest absolute Gasteiger partial charge is 0.495 e. The average molecular weight is 219 g/mol. The van der Waals surface area contributed by atoms with Gasteiger partial charge in [-0.15, -0.1) is 0 Å². The highest BCUT2D eigenvalue weighted by Crippen LogP contribution is 2.26. The molecule has 0 aliphatic heterocycles. The molecule has 1 atom stereocenters. The van der Waals surface area contributed by atoms with E-state index in [0.717, 1.165) is 0 Å². The Bertz CT molecular complexity index is 482. The van der Waals surface area contributed by atoms with Gasteiger partial charge in [-0.05, 0) is 12.1 Å². The number of aryl methyl sites for hydroxylation is 1. The lowest BCUT2D eigenvalue weighted by Crippen LogP contribution is -2.09. The molecule has 2 rings (SSSR count). The van der Waals surface area contributed by atoms with Crippen molar-refractivity contribution in [2.45, 2.75) is 6.10 Å². The first-order valence-electron chi connectivity index (χ1n) is 4.88. The van der Waals surface area contributed by atoms with Crippen molar-refractivity contribution >= 4 is 0 Å². The van der Waals surface area contributed by atoms with Crippen LogP contribution in [0.15, 0.2) is 30.7 Å². The number of nitrogens with zero attached hydrogens (tertiary/aromatic N) is 3. The molecule has 2 aromatic rings. The van der Waals surface area contributed by atoms with Crippen molar-refractivity contribution in [2.24, 2.45) is 7.05 Å². The third-order valence-electron chi connectivity index (χ3n) is 2.38. The van der Waals surface area contributed by atoms with Crippen molar-refractivity contribution in [3.05, 3.63) is 42.2 Å². The van der Waals surface area contributed by atoms with Crippen LogP contribution in [0, 0.1) is 0 Å². The zero-order valence-electron chi connectivity index (χ0n) is 9.16. The number of aromatic nitrogens is 3. The van der Waals surface area contributed by atoms with E-state index in [1.807, 2.05) is 7.05 Å². The second kappa shape index (κ2) is 4.32. The lowest BCUT2D eigenvalue weighted by Gasteiger charge is -2.13. The van der Waals surface area contributed by atoms with Gasteiger partial charge in [-0.2, -0.15) is 0 Å². The Hall–Kier alpha value is -1.88. The summed E-state index contributed by atoms with van der Waals surface area (Å²) in [6.07, 6.45) is 4.14. The van der Waals surface area contributed by atoms with Crippen molar-refractivity contribution < 1.29 is 9.84 Å². The summed E-state index contributed by atoms with van der Waals surface area (Å²) in [6.45, 7) is 0. The highest BCUT2D eigenvalue weighted by Gasteiger charge is 2.19. The normalized spacial score (nSPS) is 12.4. The Balaban J connectivity index is 2.41. The van der Waals surface area contributed by atoms with Gasteiger partial charge in [0, 0.05) is 25.6 Å². The van der Waals surface area contributed by atoms with Crippen LogP contribution in [0.1, 0.15) is 17.6 Å². The van der Waals surface area contributed by atoms with Crippen molar-refractivity contribution in [1.29, 1.82) is 0 Å². The second-order valence-electron chi connectivity index (χ2n) is 3.39. The molecule has 0 aliphatic rings. The minimum Gasteiger partial charge on any atom is -0.495 e. The van der Waals surface area contributed by atoms with Crippen molar-refractivity contribution in [2.75, 3.05) is 7.11 Å². The first kappa shape index (κ1) is 10.6. The Kier molecular flexibility index (Phi) is 2.87. The summed E-state index contributed by atoms with van der Waals surface area (Å²) in [5.74, 6) is 1.09. The number of hydrogen-bond acceptors (Lipinski definition) is 4. The highest BCUT2D eigenvalue weighted by atomic mass is 16.5. The summed E-state index contributed by atoms with van der Waals surface area (Å²) in [6, 6.07) is 3.52. The number of aliphatic hydroxyl groups excluding tert-OH is 1. The van der Waals surface area contributed by atoms with Gasteiger partial charge in [-0.3, -0.25) is 4.98 Å². The van der Waals surface area contributed by atoms with E-state index in [9.17, 15) is 5.11 Å². The Morgan fingerprint density at radius 1 is 1.38 bits per heavy atom. The van der Waals surface area contributed by atoms with Crippen LogP contribution in [0.25, 0.3) is 0 Å². The molecule has 84 valence electrons. The van der Waals surface area contributed by atoms with E-state index in [1.165, 1.54) is 0 Å². The van der Waals surface area contributed by atoms with Crippen LogP contribution in [0.3, 0.4) is 0 Å². The number of rotatable bonds is 3. The Morgan fingerprint density at radius 3 is 2.81 bits per heavy atom. The predicted octanol–water partition coefficient (Wildman–Crippen LogP) is 0.905. The van der Waals surface area contributed by atoms with Crippen LogP contribution in [-0.4, -0.2) is 26.8 Å². The van der Waals surface area contributed by atoms with Crippen LogP contribution in [0.4, 0.5) is 0 Å². The van der Waals surface area contributed by atoms with Gasteiger partial charge in [0.15, 0.2) is 6.10 Å². The van der Waals surface area contributed by atoms with E-state index in [-0.39, 0.29) is 0 Å². The number of pyridine rings is 1. The Labute approximate surface area is 93.3 Å². The van der Waals surface area contributed by atoms with Gasteiger partial charge in [-0.1, -0.05) is 0 Å². The minimum atomic E-state index is -0.879. The van der Waals surface area contributed by atoms with Gasteiger partial charge in [0.25, 0.3) is 0 Å². The lowest BCUT2D eigenvalue weighted by atomic mass is 10.2. The van der Waals surface area contributed by atoms with E-state index < -0.39 is 6.10 Å². The summed E-state index contributed by atoms with van der Waals surface area (Å²) in [5, 5.41) is 10.1. The summed E-state index contributed by atoms with van der Waals surface area (Å²) in [7, 11) is 3.37. The number of methoxy groups -OCH3 is 1. The molecule has 2 heterocycles. The van der Waals surface area contributed by atoms with Gasteiger partial charge in [-0.25, -0.2) is 4.98 Å². The number of aliphatic hydroxyl groups is 1. The van der Waals surface area contributed by atoms with Crippen LogP contribution in [-0.2, 0) is 7.05 Å². The summed E-state index contributed by atoms with van der Waals surface area (Å²) in [4.78, 5) is 8.20. The van der Waals surface area contributed by atoms with Gasteiger partial charge in [0.1, 0.15) is 17.3 Å². The Morgan fingerprint density at radius 2 is 2.19 bits per heavy atom. The molecule has 2 aromatic heterocycles. The summed E-state index contributed by atoms with van der Waals surface area (Å²) >= 11 is 0. The maximum absolute atomic E-state index is 10.1. The molecule has 16 heavy (non-hydrogen) atoms. The average Bonchev–Trinajstić information content (AvgIpc) is 2.74. The first-order valence-corrected chi connectivity index (χ1v) is 4.88. The standard InChI is InChI=1S/C11H13N3O2/c1-14-7-6-13-11(14)10(15)9-8(16-2)4-3-5-12-9/h3-7,10,15H,1-2H3. The molecule has 0 aliphatic carbocycles. The third kappa shape index (κ3) is 1.77. The third-order valence-corrected chi connectivity index (χ3v) is 2.38. The zero-order valence-corrected chi connectivity index (χ0v) is 9.16. The summed E-state index contributed by atoms with van der Waals surface area (Å²) in [5.41, 5.74) is 0.472. The fourth-order valence-corrected chi connectivity index (χ4v) is 1.54. The number of hydrogen-bond donors (Lipinski definition) is 1. The smallest absolute Gasteiger partial charge is 0.157 e. The SMILES string of the molecule is COc1cccnc1C(O)c1nccn1C. The molecule has 0 bridgehead atoms. The van der Waals surface area contributed by atoms with Crippen molar-refractivity contribution in [3.63, 3.8) is 0 Å². The molecule has 1 unspecified atom stereocenters. The van der Waals surface area contributed by atoms with Crippen LogP contribution in [0.2, 0.25) is 0 Å². The molecule has 0 aromatic carbocycles. The molecule has 5 heteroatoms. The van der Waals surface area contributed by atoms with E-state index in [4.69, 9.17) is 4.74 Å². The molecule has 0 amide bonds. The zero-order chi connectivity index (χ0) is 11.5. The maximum Gasteiger partial charge on any atom is 0.157 e. The molecule has 0 saturated heterocycles. The van der Waals surface area contributed by atoms with Crippen LogP contribution in [0.5, 0.6) is 5.75 Å². The van der Waals surface area contributed by atoms with Gasteiger partial charge >= 0.3 is 0 Å². The molecule has 5 nitrogen and oxygen atoms in total. The van der Waals surface area contributed by atoms with Gasteiger partial charge in [0.2, 0.25) is 0 Å². The highest BCUT2D eigenvalue weighted by molar-refractivity contribution is 5.31. The van der Waals surface area contributed by atoms with Crippen molar-refractivity contribution in [3.8, 4) is 5.75 Å². The van der Waals surface area contributed by atoms with Crippen molar-refractivity contribution in [1.82, 2.24) is 14.5 Å². The predicted molar refractivity (Wildman–Crippen MR) is 58.1 cm³/mol. The fourth-order valence-electron chi connectivity index (χ4n) is 1.54. The first-order chi connectivity index (χ1) is 7.74. The molecule has 0 saturated carbocycles. The van der Waals surface area contributed by atoms with E-state index in [1.54, 1.807) is 42.4 Å². The number of imidazole rings is 1. The van der Waals surface area contributed by atoms with E-state index in [0.29, 0.717) is 17.3 Å². The van der Waals surface area contributed by atoms with Crippen LogP contribution >= 0.6 is 0 Å².